The lowest BCUT2D eigenvalue weighted by molar-refractivity contribution is -0.134. The first kappa shape index (κ1) is 19.9. The summed E-state index contributed by atoms with van der Waals surface area (Å²) in [6.45, 7) is 2.40. The molecule has 0 radical (unpaired) electrons. The Hall–Kier alpha value is -2.38. The van der Waals surface area contributed by atoms with Crippen LogP contribution in [0.3, 0.4) is 0 Å². The largest absolute Gasteiger partial charge is 0.497 e. The average Bonchev–Trinajstić information content (AvgIpc) is 3.43. The summed E-state index contributed by atoms with van der Waals surface area (Å²) in [7, 11) is 3.29. The third-order valence-corrected chi connectivity index (χ3v) is 6.54. The van der Waals surface area contributed by atoms with Crippen LogP contribution in [0.4, 0.5) is 0 Å². The van der Waals surface area contributed by atoms with Crippen molar-refractivity contribution >= 4 is 23.0 Å². The van der Waals surface area contributed by atoms with Gasteiger partial charge in [-0.15, -0.1) is 11.3 Å². The molecule has 4 rings (SSSR count). The highest BCUT2D eigenvalue weighted by atomic mass is 32.1. The van der Waals surface area contributed by atoms with Crippen LogP contribution in [0.25, 0.3) is 0 Å². The van der Waals surface area contributed by atoms with Gasteiger partial charge in [-0.05, 0) is 55.6 Å². The summed E-state index contributed by atoms with van der Waals surface area (Å²) in [5.41, 5.74) is 1.73. The number of likely N-dealkylation sites (tertiary alicyclic amines) is 1. The minimum Gasteiger partial charge on any atom is -0.497 e. The van der Waals surface area contributed by atoms with Crippen molar-refractivity contribution in [1.29, 1.82) is 0 Å². The van der Waals surface area contributed by atoms with Crippen LogP contribution in [0.2, 0.25) is 0 Å². The van der Waals surface area contributed by atoms with Crippen LogP contribution < -0.4 is 9.47 Å². The Morgan fingerprint density at radius 1 is 1.17 bits per heavy atom. The number of ether oxygens (including phenoxy) is 2. The van der Waals surface area contributed by atoms with E-state index in [2.05, 4.69) is 11.0 Å². The lowest BCUT2D eigenvalue weighted by Crippen LogP contribution is -2.40. The molecule has 0 bridgehead atoms. The number of amides is 1. The summed E-state index contributed by atoms with van der Waals surface area (Å²) in [6.07, 6.45) is 4.24. The molecule has 0 aliphatic carbocycles. The predicted molar refractivity (Wildman–Crippen MR) is 115 cm³/mol. The highest BCUT2D eigenvalue weighted by Crippen LogP contribution is 2.37. The van der Waals surface area contributed by atoms with Gasteiger partial charge in [-0.3, -0.25) is 9.69 Å². The molecule has 3 heterocycles. The zero-order valence-corrected chi connectivity index (χ0v) is 17.8. The number of carbonyl (C=O) groups is 1. The number of carbonyl (C=O) groups excluding carboxylic acids is 1. The molecular formula is C22H27N3O3S. The molecule has 0 saturated carbocycles. The van der Waals surface area contributed by atoms with E-state index in [0.717, 1.165) is 53.6 Å². The summed E-state index contributed by atoms with van der Waals surface area (Å²) in [6, 6.07) is 9.72. The van der Waals surface area contributed by atoms with Crippen LogP contribution in [-0.4, -0.2) is 55.4 Å². The minimum absolute atomic E-state index is 0.0576. The van der Waals surface area contributed by atoms with Crippen molar-refractivity contribution in [3.8, 4) is 11.5 Å². The molecule has 1 fully saturated rings. The summed E-state index contributed by atoms with van der Waals surface area (Å²) >= 11 is 1.67. The first-order valence-electron chi connectivity index (χ1n) is 10.1. The van der Waals surface area contributed by atoms with Gasteiger partial charge >= 0.3 is 0 Å². The minimum atomic E-state index is -0.0711. The van der Waals surface area contributed by atoms with Crippen LogP contribution in [0, 0.1) is 0 Å². The highest BCUT2D eigenvalue weighted by molar-refractivity contribution is 7.10. The zero-order chi connectivity index (χ0) is 20.2. The van der Waals surface area contributed by atoms with Crippen LogP contribution in [0.5, 0.6) is 11.5 Å². The summed E-state index contributed by atoms with van der Waals surface area (Å²) < 4.78 is 10.9. The number of rotatable bonds is 6. The molecule has 2 aliphatic rings. The molecule has 1 amide bonds. The molecule has 1 aromatic carbocycles. The SMILES string of the molecule is COc1ccc(OC)c(C2=NN(C(=O)CN3CCCCC3)[C@@H](c3cccs3)C2)c1. The molecule has 0 spiro atoms. The summed E-state index contributed by atoms with van der Waals surface area (Å²) in [5.74, 6) is 1.54. The molecule has 1 atom stereocenters. The first-order valence-corrected chi connectivity index (χ1v) is 10.9. The van der Waals surface area contributed by atoms with E-state index in [9.17, 15) is 4.79 Å². The number of hydrazone groups is 1. The van der Waals surface area contributed by atoms with Crippen molar-refractivity contribution in [2.75, 3.05) is 33.9 Å². The normalized spacial score (nSPS) is 19.9. The third kappa shape index (κ3) is 4.31. The smallest absolute Gasteiger partial charge is 0.257 e. The van der Waals surface area contributed by atoms with Gasteiger partial charge < -0.3 is 9.47 Å². The Bertz CT molecular complexity index is 875. The van der Waals surface area contributed by atoms with Gasteiger partial charge in [-0.25, -0.2) is 5.01 Å². The lowest BCUT2D eigenvalue weighted by atomic mass is 10.0. The van der Waals surface area contributed by atoms with Gasteiger partial charge in [-0.1, -0.05) is 12.5 Å². The van der Waals surface area contributed by atoms with Crippen molar-refractivity contribution in [1.82, 2.24) is 9.91 Å². The molecule has 1 aromatic heterocycles. The Morgan fingerprint density at radius 2 is 2.00 bits per heavy atom. The van der Waals surface area contributed by atoms with E-state index in [1.165, 1.54) is 6.42 Å². The number of hydrogen-bond donors (Lipinski definition) is 0. The highest BCUT2D eigenvalue weighted by Gasteiger charge is 2.35. The van der Waals surface area contributed by atoms with Crippen molar-refractivity contribution in [3.63, 3.8) is 0 Å². The van der Waals surface area contributed by atoms with E-state index in [4.69, 9.17) is 14.6 Å². The summed E-state index contributed by atoms with van der Waals surface area (Å²) in [4.78, 5) is 16.6. The van der Waals surface area contributed by atoms with Crippen molar-refractivity contribution < 1.29 is 14.3 Å². The molecule has 0 unspecified atom stereocenters. The maximum atomic E-state index is 13.2. The van der Waals surface area contributed by atoms with Gasteiger partial charge in [-0.2, -0.15) is 5.10 Å². The Kier molecular flexibility index (Phi) is 6.16. The molecule has 7 heteroatoms. The zero-order valence-electron chi connectivity index (χ0n) is 17.0. The summed E-state index contributed by atoms with van der Waals surface area (Å²) in [5, 5.41) is 8.53. The number of piperidine rings is 1. The molecule has 1 saturated heterocycles. The van der Waals surface area contributed by atoms with Gasteiger partial charge in [0.15, 0.2) is 0 Å². The standard InChI is InChI=1S/C22H27N3O3S/c1-27-16-8-9-20(28-2)17(13-16)18-14-19(21-7-6-12-29-21)25(23-18)22(26)15-24-10-4-3-5-11-24/h6-9,12-13,19H,3-5,10-11,14-15H2,1-2H3/t19-/m1/s1. The number of benzene rings is 1. The van der Waals surface area contributed by atoms with Gasteiger partial charge in [0.25, 0.3) is 5.91 Å². The fourth-order valence-corrected chi connectivity index (χ4v) is 4.84. The Balaban J connectivity index is 1.63. The second kappa shape index (κ2) is 8.97. The lowest BCUT2D eigenvalue weighted by Gasteiger charge is -2.28. The molecule has 2 aromatic rings. The Labute approximate surface area is 175 Å². The molecule has 0 N–H and O–H groups in total. The molecular weight excluding hydrogens is 386 g/mol. The quantitative estimate of drug-likeness (QED) is 0.720. The van der Waals surface area contributed by atoms with E-state index >= 15 is 0 Å². The maximum Gasteiger partial charge on any atom is 0.257 e. The number of hydrogen-bond acceptors (Lipinski definition) is 6. The third-order valence-electron chi connectivity index (χ3n) is 5.56. The first-order chi connectivity index (χ1) is 14.2. The molecule has 154 valence electrons. The predicted octanol–water partition coefficient (Wildman–Crippen LogP) is 3.93. The van der Waals surface area contributed by atoms with Gasteiger partial charge in [0.1, 0.15) is 11.5 Å². The van der Waals surface area contributed by atoms with E-state index in [0.29, 0.717) is 13.0 Å². The van der Waals surface area contributed by atoms with Gasteiger partial charge in [0, 0.05) is 16.9 Å². The topological polar surface area (TPSA) is 54.4 Å². The fourth-order valence-electron chi connectivity index (χ4n) is 4.03. The molecule has 6 nitrogen and oxygen atoms in total. The van der Waals surface area contributed by atoms with Crippen molar-refractivity contribution in [2.24, 2.45) is 5.10 Å². The van der Waals surface area contributed by atoms with Crippen molar-refractivity contribution in [3.05, 3.63) is 46.2 Å². The van der Waals surface area contributed by atoms with E-state index in [1.54, 1.807) is 30.6 Å². The second-order valence-electron chi connectivity index (χ2n) is 7.42. The van der Waals surface area contributed by atoms with Gasteiger partial charge in [0.05, 0.1) is 32.5 Å². The Morgan fingerprint density at radius 3 is 2.69 bits per heavy atom. The molecule has 29 heavy (non-hydrogen) atoms. The number of nitrogens with zero attached hydrogens (tertiary/aromatic N) is 3. The van der Waals surface area contributed by atoms with Crippen LogP contribution >= 0.6 is 11.3 Å². The van der Waals surface area contributed by atoms with Crippen molar-refractivity contribution in [2.45, 2.75) is 31.7 Å². The molecule has 2 aliphatic heterocycles. The van der Waals surface area contributed by atoms with E-state index in [1.807, 2.05) is 29.6 Å². The maximum absolute atomic E-state index is 13.2. The van der Waals surface area contributed by atoms with Crippen LogP contribution in [0.15, 0.2) is 40.8 Å². The number of methoxy groups -OCH3 is 2. The van der Waals surface area contributed by atoms with E-state index in [-0.39, 0.29) is 11.9 Å². The van der Waals surface area contributed by atoms with Crippen LogP contribution in [0.1, 0.15) is 42.2 Å². The fraction of sp³-hybridized carbons (Fsp3) is 0.455. The average molecular weight is 414 g/mol. The second-order valence-corrected chi connectivity index (χ2v) is 8.40. The monoisotopic (exact) mass is 413 g/mol. The van der Waals surface area contributed by atoms with E-state index < -0.39 is 0 Å². The van der Waals surface area contributed by atoms with Gasteiger partial charge in [0.2, 0.25) is 0 Å². The number of thiophene rings is 1. The van der Waals surface area contributed by atoms with Crippen LogP contribution in [-0.2, 0) is 4.79 Å².